The minimum Gasteiger partial charge on any atom is -0.445 e. The molecule has 0 bridgehead atoms. The maximum atomic E-state index is 12.2. The van der Waals surface area contributed by atoms with Gasteiger partial charge in [-0.05, 0) is 5.56 Å². The van der Waals surface area contributed by atoms with Crippen LogP contribution in [0.1, 0.15) is 5.56 Å². The molecule has 0 radical (unpaired) electrons. The van der Waals surface area contributed by atoms with Crippen LogP contribution in [0.25, 0.3) is 0 Å². The van der Waals surface area contributed by atoms with Crippen LogP contribution in [0.15, 0.2) is 30.3 Å². The van der Waals surface area contributed by atoms with E-state index in [1.165, 1.54) is 0 Å². The molecule has 1 aromatic carbocycles. The van der Waals surface area contributed by atoms with Crippen LogP contribution in [0.3, 0.4) is 0 Å². The zero-order valence-electron chi connectivity index (χ0n) is 10.1. The van der Waals surface area contributed by atoms with E-state index in [1.807, 2.05) is 0 Å². The van der Waals surface area contributed by atoms with E-state index in [1.54, 1.807) is 30.3 Å². The summed E-state index contributed by atoms with van der Waals surface area (Å²) >= 11 is 0. The van der Waals surface area contributed by atoms with E-state index in [4.69, 9.17) is 9.84 Å². The van der Waals surface area contributed by atoms with E-state index in [2.05, 4.69) is 0 Å². The Kier molecular flexibility index (Phi) is 5.62. The molecule has 4 nitrogen and oxygen atoms in total. The molecule has 0 aliphatic carbocycles. The molecule has 0 spiro atoms. The number of hydrogen-bond donors (Lipinski definition) is 1. The van der Waals surface area contributed by atoms with Crippen LogP contribution < -0.4 is 0 Å². The molecule has 7 heteroatoms. The fourth-order valence-electron chi connectivity index (χ4n) is 1.38. The smallest absolute Gasteiger partial charge is 0.410 e. The van der Waals surface area contributed by atoms with Crippen molar-refractivity contribution in [1.29, 1.82) is 0 Å². The Bertz CT molecular complexity index is 395. The molecule has 1 aromatic rings. The van der Waals surface area contributed by atoms with E-state index in [0.29, 0.717) is 10.5 Å². The molecule has 0 heterocycles. The lowest BCUT2D eigenvalue weighted by molar-refractivity contribution is -0.143. The van der Waals surface area contributed by atoms with Gasteiger partial charge in [-0.2, -0.15) is 13.2 Å². The molecule has 0 aliphatic rings. The Hall–Kier alpha value is -1.76. The molecule has 0 aliphatic heterocycles. The second-order valence-electron chi connectivity index (χ2n) is 3.80. The summed E-state index contributed by atoms with van der Waals surface area (Å²) in [7, 11) is 0. The van der Waals surface area contributed by atoms with Crippen molar-refractivity contribution in [2.75, 3.05) is 19.7 Å². The zero-order valence-corrected chi connectivity index (χ0v) is 10.1. The number of benzene rings is 1. The summed E-state index contributed by atoms with van der Waals surface area (Å²) in [6.07, 6.45) is -5.63. The predicted molar refractivity (Wildman–Crippen MR) is 61.3 cm³/mol. The summed E-state index contributed by atoms with van der Waals surface area (Å²) in [5, 5.41) is 8.65. The maximum Gasteiger partial charge on any atom is 0.410 e. The average molecular weight is 277 g/mol. The molecule has 0 saturated carbocycles. The van der Waals surface area contributed by atoms with Crippen molar-refractivity contribution in [2.24, 2.45) is 0 Å². The summed E-state index contributed by atoms with van der Waals surface area (Å²) in [6.45, 7) is -2.54. The van der Waals surface area contributed by atoms with E-state index in [-0.39, 0.29) is 6.61 Å². The Morgan fingerprint density at radius 2 is 1.89 bits per heavy atom. The minimum atomic E-state index is -4.53. The number of halogens is 3. The lowest BCUT2D eigenvalue weighted by atomic mass is 10.2. The van der Waals surface area contributed by atoms with Gasteiger partial charge in [-0.1, -0.05) is 30.3 Å². The molecule has 106 valence electrons. The van der Waals surface area contributed by atoms with Crippen LogP contribution >= 0.6 is 0 Å². The van der Waals surface area contributed by atoms with Crippen LogP contribution in [0.5, 0.6) is 0 Å². The van der Waals surface area contributed by atoms with Gasteiger partial charge in [0.15, 0.2) is 0 Å². The van der Waals surface area contributed by atoms with Gasteiger partial charge in [0.05, 0.1) is 6.61 Å². The van der Waals surface area contributed by atoms with Gasteiger partial charge in [-0.15, -0.1) is 0 Å². The number of carbonyl (C=O) groups excluding carboxylic acids is 1. The van der Waals surface area contributed by atoms with Crippen molar-refractivity contribution >= 4 is 6.09 Å². The fraction of sp³-hybridized carbons (Fsp3) is 0.417. The fourth-order valence-corrected chi connectivity index (χ4v) is 1.38. The van der Waals surface area contributed by atoms with Crippen molar-refractivity contribution in [2.45, 2.75) is 12.8 Å². The lowest BCUT2D eigenvalue weighted by Crippen LogP contribution is -2.40. The standard InChI is InChI=1S/C12H14F3NO3/c13-12(14,15)9-16(6-7-17)11(18)19-8-10-4-2-1-3-5-10/h1-5,17H,6-9H2. The van der Waals surface area contributed by atoms with E-state index >= 15 is 0 Å². The van der Waals surface area contributed by atoms with E-state index < -0.39 is 32.0 Å². The number of rotatable bonds is 5. The molecular formula is C12H14F3NO3. The molecule has 1 rings (SSSR count). The van der Waals surface area contributed by atoms with Crippen molar-refractivity contribution in [3.8, 4) is 0 Å². The largest absolute Gasteiger partial charge is 0.445 e. The van der Waals surface area contributed by atoms with Crippen LogP contribution in [0, 0.1) is 0 Å². The highest BCUT2D eigenvalue weighted by Gasteiger charge is 2.33. The summed E-state index contributed by atoms with van der Waals surface area (Å²) in [5.41, 5.74) is 0.673. The number of hydrogen-bond acceptors (Lipinski definition) is 3. The summed E-state index contributed by atoms with van der Waals surface area (Å²) in [4.78, 5) is 11.9. The number of aliphatic hydroxyl groups is 1. The third-order valence-corrected chi connectivity index (χ3v) is 2.20. The minimum absolute atomic E-state index is 0.112. The highest BCUT2D eigenvalue weighted by atomic mass is 19.4. The van der Waals surface area contributed by atoms with Crippen molar-refractivity contribution in [1.82, 2.24) is 4.90 Å². The van der Waals surface area contributed by atoms with Gasteiger partial charge in [0.1, 0.15) is 13.2 Å². The first-order valence-corrected chi connectivity index (χ1v) is 5.55. The van der Waals surface area contributed by atoms with Crippen LogP contribution in [-0.4, -0.2) is 42.0 Å². The molecule has 0 atom stereocenters. The molecule has 0 aromatic heterocycles. The molecule has 1 amide bonds. The first kappa shape index (κ1) is 15.3. The maximum absolute atomic E-state index is 12.2. The van der Waals surface area contributed by atoms with Crippen LogP contribution in [0.2, 0.25) is 0 Å². The molecule has 0 unspecified atom stereocenters. The number of amides is 1. The first-order valence-electron chi connectivity index (χ1n) is 5.55. The Balaban J connectivity index is 2.52. The molecule has 0 saturated heterocycles. The Morgan fingerprint density at radius 3 is 2.42 bits per heavy atom. The molecule has 1 N–H and O–H groups in total. The van der Waals surface area contributed by atoms with Gasteiger partial charge in [0.25, 0.3) is 0 Å². The monoisotopic (exact) mass is 277 g/mol. The average Bonchev–Trinajstić information content (AvgIpc) is 2.35. The Labute approximate surface area is 108 Å². The summed E-state index contributed by atoms with van der Waals surface area (Å²) in [6, 6.07) is 8.60. The number of nitrogens with zero attached hydrogens (tertiary/aromatic N) is 1. The van der Waals surface area contributed by atoms with Crippen molar-refractivity contribution < 1.29 is 27.8 Å². The van der Waals surface area contributed by atoms with Gasteiger partial charge >= 0.3 is 12.3 Å². The Morgan fingerprint density at radius 1 is 1.26 bits per heavy atom. The second-order valence-corrected chi connectivity index (χ2v) is 3.80. The van der Waals surface area contributed by atoms with Crippen LogP contribution in [-0.2, 0) is 11.3 Å². The van der Waals surface area contributed by atoms with Crippen LogP contribution in [0.4, 0.5) is 18.0 Å². The number of ether oxygens (including phenoxy) is 1. The highest BCUT2D eigenvalue weighted by Crippen LogP contribution is 2.17. The topological polar surface area (TPSA) is 49.8 Å². The van der Waals surface area contributed by atoms with Gasteiger partial charge < -0.3 is 9.84 Å². The first-order chi connectivity index (χ1) is 8.92. The zero-order chi connectivity index (χ0) is 14.3. The number of aliphatic hydroxyl groups excluding tert-OH is 1. The van der Waals surface area contributed by atoms with Gasteiger partial charge in [-0.25, -0.2) is 4.79 Å². The number of alkyl halides is 3. The second kappa shape index (κ2) is 6.98. The summed E-state index contributed by atoms with van der Waals surface area (Å²) < 4.78 is 41.4. The predicted octanol–water partition coefficient (Wildman–Crippen LogP) is 2.18. The van der Waals surface area contributed by atoms with Crippen molar-refractivity contribution in [3.63, 3.8) is 0 Å². The number of carbonyl (C=O) groups is 1. The highest BCUT2D eigenvalue weighted by molar-refractivity contribution is 5.67. The van der Waals surface area contributed by atoms with Gasteiger partial charge in [0, 0.05) is 6.54 Å². The third kappa shape index (κ3) is 6.10. The lowest BCUT2D eigenvalue weighted by Gasteiger charge is -2.22. The quantitative estimate of drug-likeness (QED) is 0.897. The molecule has 0 fully saturated rings. The van der Waals surface area contributed by atoms with Crippen molar-refractivity contribution in [3.05, 3.63) is 35.9 Å². The third-order valence-electron chi connectivity index (χ3n) is 2.20. The normalized spacial score (nSPS) is 11.2. The summed E-state index contributed by atoms with van der Waals surface area (Å²) in [5.74, 6) is 0. The van der Waals surface area contributed by atoms with E-state index in [0.717, 1.165) is 0 Å². The molecule has 19 heavy (non-hydrogen) atoms. The molecular weight excluding hydrogens is 263 g/mol. The van der Waals surface area contributed by atoms with Gasteiger partial charge in [-0.3, -0.25) is 4.90 Å². The van der Waals surface area contributed by atoms with E-state index in [9.17, 15) is 18.0 Å². The van der Waals surface area contributed by atoms with Gasteiger partial charge in [0.2, 0.25) is 0 Å². The SMILES string of the molecule is O=C(OCc1ccccc1)N(CCO)CC(F)(F)F.